The van der Waals surface area contributed by atoms with Crippen molar-refractivity contribution in [1.29, 1.82) is 0 Å². The molecule has 5 nitrogen and oxygen atoms in total. The molecule has 0 spiro atoms. The predicted molar refractivity (Wildman–Crippen MR) is 120 cm³/mol. The third-order valence-electron chi connectivity index (χ3n) is 4.62. The molecule has 1 heterocycles. The zero-order chi connectivity index (χ0) is 21.0. The van der Waals surface area contributed by atoms with E-state index >= 15 is 0 Å². The van der Waals surface area contributed by atoms with Crippen LogP contribution in [0.2, 0.25) is 0 Å². The van der Waals surface area contributed by atoms with Crippen LogP contribution in [0.1, 0.15) is 27.9 Å². The fraction of sp³-hybridized carbons (Fsp3) is 0.304. The van der Waals surface area contributed by atoms with Crippen LogP contribution in [0.3, 0.4) is 0 Å². The molecule has 1 amide bonds. The lowest BCUT2D eigenvalue weighted by atomic mass is 10.2. The van der Waals surface area contributed by atoms with Crippen LogP contribution >= 0.6 is 11.3 Å². The molecule has 0 bridgehead atoms. The first-order chi connectivity index (χ1) is 13.9. The summed E-state index contributed by atoms with van der Waals surface area (Å²) in [7, 11) is 5.86. The number of aromatic nitrogens is 1. The molecule has 3 rings (SSSR count). The average molecular weight is 410 g/mol. The summed E-state index contributed by atoms with van der Waals surface area (Å²) in [5.41, 5.74) is 3.99. The number of thiazole rings is 1. The Morgan fingerprint density at radius 3 is 2.28 bits per heavy atom. The first kappa shape index (κ1) is 20.9. The van der Waals surface area contributed by atoms with Crippen molar-refractivity contribution >= 4 is 22.9 Å². The molecule has 0 N–H and O–H groups in total. The summed E-state index contributed by atoms with van der Waals surface area (Å²) in [5.74, 6) is 0.828. The van der Waals surface area contributed by atoms with Crippen LogP contribution in [0.15, 0.2) is 48.5 Å². The molecule has 0 aliphatic carbocycles. The van der Waals surface area contributed by atoms with Crippen molar-refractivity contribution in [2.45, 2.75) is 20.4 Å². The van der Waals surface area contributed by atoms with Gasteiger partial charge in [-0.05, 0) is 55.8 Å². The molecule has 0 saturated heterocycles. The minimum absolute atomic E-state index is 0.00567. The summed E-state index contributed by atoms with van der Waals surface area (Å²) >= 11 is 1.44. The first-order valence-electron chi connectivity index (χ1n) is 9.61. The molecule has 0 saturated carbocycles. The van der Waals surface area contributed by atoms with E-state index in [1.165, 1.54) is 11.3 Å². The minimum Gasteiger partial charge on any atom is -0.494 e. The van der Waals surface area contributed by atoms with Crippen molar-refractivity contribution in [2.24, 2.45) is 0 Å². The van der Waals surface area contributed by atoms with Gasteiger partial charge >= 0.3 is 0 Å². The SMILES string of the molecule is CCOc1ccc(-c2nc(C)c(C(=O)N(C)Cc3ccc(N(C)C)cc3)s2)cc1. The molecule has 0 aliphatic heterocycles. The van der Waals surface area contributed by atoms with Gasteiger partial charge in [0, 0.05) is 38.9 Å². The van der Waals surface area contributed by atoms with E-state index in [0.717, 1.165) is 33.3 Å². The van der Waals surface area contributed by atoms with Crippen molar-refractivity contribution in [2.75, 3.05) is 32.6 Å². The number of aryl methyl sites for hydroxylation is 1. The molecule has 2 aromatic carbocycles. The van der Waals surface area contributed by atoms with Gasteiger partial charge in [0.25, 0.3) is 5.91 Å². The highest BCUT2D eigenvalue weighted by atomic mass is 32.1. The Kier molecular flexibility index (Phi) is 6.54. The Hall–Kier alpha value is -2.86. The third-order valence-corrected chi connectivity index (χ3v) is 5.82. The molecule has 0 atom stereocenters. The Bertz CT molecular complexity index is 963. The smallest absolute Gasteiger partial charge is 0.265 e. The van der Waals surface area contributed by atoms with Gasteiger partial charge < -0.3 is 14.5 Å². The number of rotatable bonds is 7. The molecule has 0 aliphatic rings. The second-order valence-corrected chi connectivity index (χ2v) is 8.11. The van der Waals surface area contributed by atoms with E-state index in [0.29, 0.717) is 18.0 Å². The molecule has 29 heavy (non-hydrogen) atoms. The zero-order valence-electron chi connectivity index (χ0n) is 17.6. The van der Waals surface area contributed by atoms with Crippen LogP contribution in [-0.2, 0) is 6.54 Å². The summed E-state index contributed by atoms with van der Waals surface area (Å²) in [5, 5.41) is 0.845. The lowest BCUT2D eigenvalue weighted by Gasteiger charge is -2.18. The number of benzene rings is 2. The van der Waals surface area contributed by atoms with Gasteiger partial charge in [0.2, 0.25) is 0 Å². The Morgan fingerprint density at radius 2 is 1.69 bits per heavy atom. The molecule has 1 aromatic heterocycles. The fourth-order valence-electron chi connectivity index (χ4n) is 3.00. The van der Waals surface area contributed by atoms with E-state index < -0.39 is 0 Å². The number of carbonyl (C=O) groups is 1. The molecule has 6 heteroatoms. The van der Waals surface area contributed by atoms with Crippen molar-refractivity contribution in [3.8, 4) is 16.3 Å². The van der Waals surface area contributed by atoms with Gasteiger partial charge in [-0.2, -0.15) is 0 Å². The van der Waals surface area contributed by atoms with Gasteiger partial charge in [-0.3, -0.25) is 4.79 Å². The van der Waals surface area contributed by atoms with Crippen molar-refractivity contribution in [1.82, 2.24) is 9.88 Å². The van der Waals surface area contributed by atoms with Crippen LogP contribution in [0, 0.1) is 6.92 Å². The molecule has 0 radical (unpaired) electrons. The average Bonchev–Trinajstić information content (AvgIpc) is 3.10. The van der Waals surface area contributed by atoms with E-state index in [9.17, 15) is 4.79 Å². The van der Waals surface area contributed by atoms with E-state index in [2.05, 4.69) is 34.1 Å². The number of nitrogens with zero attached hydrogens (tertiary/aromatic N) is 3. The maximum Gasteiger partial charge on any atom is 0.265 e. The summed E-state index contributed by atoms with van der Waals surface area (Å²) in [6.07, 6.45) is 0. The number of hydrogen-bond donors (Lipinski definition) is 0. The van der Waals surface area contributed by atoms with Crippen LogP contribution in [0.5, 0.6) is 5.75 Å². The van der Waals surface area contributed by atoms with Crippen LogP contribution < -0.4 is 9.64 Å². The van der Waals surface area contributed by atoms with E-state index in [-0.39, 0.29) is 5.91 Å². The third kappa shape index (κ3) is 4.95. The standard InChI is InChI=1S/C23H27N3O2S/c1-6-28-20-13-9-18(10-14-20)22-24-16(2)21(29-22)23(27)26(5)15-17-7-11-19(12-8-17)25(3)4/h7-14H,6,15H2,1-5H3. The lowest BCUT2D eigenvalue weighted by Crippen LogP contribution is -2.26. The normalized spacial score (nSPS) is 10.7. The Labute approximate surface area is 176 Å². The summed E-state index contributed by atoms with van der Waals surface area (Å²) in [6.45, 7) is 5.05. The summed E-state index contributed by atoms with van der Waals surface area (Å²) in [6, 6.07) is 16.1. The van der Waals surface area contributed by atoms with Gasteiger partial charge in [-0.15, -0.1) is 11.3 Å². The van der Waals surface area contributed by atoms with Crippen molar-refractivity contribution in [3.63, 3.8) is 0 Å². The monoisotopic (exact) mass is 409 g/mol. The largest absolute Gasteiger partial charge is 0.494 e. The van der Waals surface area contributed by atoms with Crippen molar-refractivity contribution in [3.05, 3.63) is 64.7 Å². The van der Waals surface area contributed by atoms with Gasteiger partial charge in [0.15, 0.2) is 0 Å². The Balaban J connectivity index is 1.73. The topological polar surface area (TPSA) is 45.7 Å². The van der Waals surface area contributed by atoms with Crippen LogP contribution in [0.25, 0.3) is 10.6 Å². The summed E-state index contributed by atoms with van der Waals surface area (Å²) < 4.78 is 5.49. The maximum absolute atomic E-state index is 13.0. The van der Waals surface area contributed by atoms with Gasteiger partial charge in [0.1, 0.15) is 15.6 Å². The molecule has 3 aromatic rings. The van der Waals surface area contributed by atoms with Gasteiger partial charge in [0.05, 0.1) is 12.3 Å². The van der Waals surface area contributed by atoms with Crippen molar-refractivity contribution < 1.29 is 9.53 Å². The fourth-order valence-corrected chi connectivity index (χ4v) is 4.06. The quantitative estimate of drug-likeness (QED) is 0.559. The highest BCUT2D eigenvalue weighted by Gasteiger charge is 2.20. The van der Waals surface area contributed by atoms with Gasteiger partial charge in [-0.1, -0.05) is 12.1 Å². The maximum atomic E-state index is 13.0. The zero-order valence-corrected chi connectivity index (χ0v) is 18.4. The second kappa shape index (κ2) is 9.09. The van der Waals surface area contributed by atoms with E-state index in [4.69, 9.17) is 4.74 Å². The molecule has 152 valence electrons. The number of ether oxygens (including phenoxy) is 1. The number of hydrogen-bond acceptors (Lipinski definition) is 5. The first-order valence-corrected chi connectivity index (χ1v) is 10.4. The van der Waals surface area contributed by atoms with Crippen LogP contribution in [0.4, 0.5) is 5.69 Å². The lowest BCUT2D eigenvalue weighted by molar-refractivity contribution is 0.0789. The number of anilines is 1. The molecule has 0 fully saturated rings. The predicted octanol–water partition coefficient (Wildman–Crippen LogP) is 4.86. The molecular formula is C23H27N3O2S. The number of amides is 1. The molecule has 0 unspecified atom stereocenters. The highest BCUT2D eigenvalue weighted by Crippen LogP contribution is 2.30. The number of carbonyl (C=O) groups excluding carboxylic acids is 1. The van der Waals surface area contributed by atoms with E-state index in [1.807, 2.05) is 59.3 Å². The summed E-state index contributed by atoms with van der Waals surface area (Å²) in [4.78, 5) is 22.1. The van der Waals surface area contributed by atoms with Crippen LogP contribution in [-0.4, -0.2) is 43.5 Å². The van der Waals surface area contributed by atoms with Gasteiger partial charge in [-0.25, -0.2) is 4.98 Å². The highest BCUT2D eigenvalue weighted by molar-refractivity contribution is 7.17. The Morgan fingerprint density at radius 1 is 1.03 bits per heavy atom. The van der Waals surface area contributed by atoms with E-state index in [1.54, 1.807) is 4.90 Å². The minimum atomic E-state index is -0.00567. The molecular weight excluding hydrogens is 382 g/mol. The second-order valence-electron chi connectivity index (χ2n) is 7.11.